The number of hydrogen-bond acceptors (Lipinski definition) is 2. The summed E-state index contributed by atoms with van der Waals surface area (Å²) in [5, 5.41) is 3.32. The highest BCUT2D eigenvalue weighted by Gasteiger charge is 2.10. The summed E-state index contributed by atoms with van der Waals surface area (Å²) >= 11 is 1.23. The summed E-state index contributed by atoms with van der Waals surface area (Å²) in [7, 11) is 0. The molecule has 21 heavy (non-hydrogen) atoms. The van der Waals surface area contributed by atoms with Gasteiger partial charge in [0.1, 0.15) is 11.6 Å². The Labute approximate surface area is 128 Å². The fourth-order valence-corrected chi connectivity index (χ4v) is 2.63. The lowest BCUT2D eigenvalue weighted by Crippen LogP contribution is -2.35. The average Bonchev–Trinajstić information content (AvgIpc) is 2.38. The van der Waals surface area contributed by atoms with E-state index >= 15 is 0 Å². The molecule has 0 atom stereocenters. The van der Waals surface area contributed by atoms with Gasteiger partial charge in [0.15, 0.2) is 0 Å². The number of hydrogen-bond donors (Lipinski definition) is 1. The van der Waals surface area contributed by atoms with Gasteiger partial charge in [0.2, 0.25) is 0 Å². The fraction of sp³-hybridized carbons (Fsp3) is 0.294. The van der Waals surface area contributed by atoms with E-state index in [9.17, 15) is 8.78 Å². The van der Waals surface area contributed by atoms with Crippen LogP contribution in [0.3, 0.4) is 0 Å². The first-order valence-corrected chi connectivity index (χ1v) is 7.62. The molecular formula is C17H19F2NS. The van der Waals surface area contributed by atoms with Gasteiger partial charge in [-0.2, -0.15) is 0 Å². The Hall–Kier alpha value is -1.39. The van der Waals surface area contributed by atoms with Crippen molar-refractivity contribution in [1.82, 2.24) is 5.32 Å². The van der Waals surface area contributed by atoms with Crippen LogP contribution in [0, 0.1) is 11.6 Å². The SMILES string of the molecule is CC(C)(C)NCc1ccc(Sc2cccc(F)c2)c(F)c1. The van der Waals surface area contributed by atoms with Crippen LogP contribution in [0.2, 0.25) is 0 Å². The van der Waals surface area contributed by atoms with Crippen LogP contribution in [0.4, 0.5) is 8.78 Å². The summed E-state index contributed by atoms with van der Waals surface area (Å²) < 4.78 is 27.2. The zero-order valence-electron chi connectivity index (χ0n) is 12.4. The Kier molecular flexibility index (Phi) is 5.01. The normalized spacial score (nSPS) is 11.7. The van der Waals surface area contributed by atoms with Gasteiger partial charge in [-0.1, -0.05) is 23.9 Å². The molecule has 0 saturated heterocycles. The molecule has 0 bridgehead atoms. The molecular weight excluding hydrogens is 288 g/mol. The second kappa shape index (κ2) is 6.58. The number of benzene rings is 2. The monoisotopic (exact) mass is 307 g/mol. The molecule has 0 aliphatic carbocycles. The van der Waals surface area contributed by atoms with E-state index in [0.717, 1.165) is 5.56 Å². The number of nitrogens with one attached hydrogen (secondary N) is 1. The van der Waals surface area contributed by atoms with Crippen LogP contribution >= 0.6 is 11.8 Å². The molecule has 0 aliphatic heterocycles. The highest BCUT2D eigenvalue weighted by molar-refractivity contribution is 7.99. The van der Waals surface area contributed by atoms with Crippen molar-refractivity contribution in [2.45, 2.75) is 42.6 Å². The third-order valence-corrected chi connectivity index (χ3v) is 3.88. The maximum absolute atomic E-state index is 14.1. The maximum Gasteiger partial charge on any atom is 0.137 e. The smallest absolute Gasteiger partial charge is 0.137 e. The lowest BCUT2D eigenvalue weighted by Gasteiger charge is -2.20. The lowest BCUT2D eigenvalue weighted by atomic mass is 10.1. The highest BCUT2D eigenvalue weighted by Crippen LogP contribution is 2.30. The van der Waals surface area contributed by atoms with Crippen molar-refractivity contribution >= 4 is 11.8 Å². The Bertz CT molecular complexity index is 620. The van der Waals surface area contributed by atoms with E-state index in [1.54, 1.807) is 18.2 Å². The fourth-order valence-electron chi connectivity index (χ4n) is 1.76. The second-order valence-electron chi connectivity index (χ2n) is 5.93. The molecule has 0 aromatic heterocycles. The number of rotatable bonds is 4. The first kappa shape index (κ1) is 16.0. The maximum atomic E-state index is 14.1. The molecule has 0 amide bonds. The average molecular weight is 307 g/mol. The van der Waals surface area contributed by atoms with Gasteiger partial charge in [0, 0.05) is 21.9 Å². The second-order valence-corrected chi connectivity index (χ2v) is 7.04. The molecule has 2 aromatic rings. The van der Waals surface area contributed by atoms with E-state index in [2.05, 4.69) is 26.1 Å². The minimum atomic E-state index is -0.314. The molecule has 0 spiro atoms. The van der Waals surface area contributed by atoms with E-state index < -0.39 is 0 Å². The minimum Gasteiger partial charge on any atom is -0.308 e. The summed E-state index contributed by atoms with van der Waals surface area (Å²) in [5.41, 5.74) is 0.886. The molecule has 0 unspecified atom stereocenters. The molecule has 1 N–H and O–H groups in total. The Morgan fingerprint density at radius 3 is 2.43 bits per heavy atom. The van der Waals surface area contributed by atoms with Gasteiger partial charge >= 0.3 is 0 Å². The third kappa shape index (κ3) is 5.14. The van der Waals surface area contributed by atoms with E-state index in [-0.39, 0.29) is 17.2 Å². The van der Waals surface area contributed by atoms with Crippen molar-refractivity contribution in [3.8, 4) is 0 Å². The first-order chi connectivity index (χ1) is 9.83. The van der Waals surface area contributed by atoms with Crippen molar-refractivity contribution in [3.05, 3.63) is 59.7 Å². The Morgan fingerprint density at radius 2 is 1.81 bits per heavy atom. The van der Waals surface area contributed by atoms with Gasteiger partial charge in [-0.05, 0) is 56.7 Å². The highest BCUT2D eigenvalue weighted by atomic mass is 32.2. The van der Waals surface area contributed by atoms with E-state index in [1.165, 1.54) is 30.0 Å². The zero-order chi connectivity index (χ0) is 15.5. The van der Waals surface area contributed by atoms with Crippen LogP contribution in [-0.2, 0) is 6.54 Å². The largest absolute Gasteiger partial charge is 0.308 e. The van der Waals surface area contributed by atoms with E-state index in [0.29, 0.717) is 16.3 Å². The molecule has 0 aliphatic rings. The van der Waals surface area contributed by atoms with Gasteiger partial charge in [-0.15, -0.1) is 0 Å². The van der Waals surface area contributed by atoms with Crippen LogP contribution in [0.25, 0.3) is 0 Å². The molecule has 112 valence electrons. The van der Waals surface area contributed by atoms with Gasteiger partial charge in [-0.25, -0.2) is 8.78 Å². The molecule has 4 heteroatoms. The van der Waals surface area contributed by atoms with E-state index in [4.69, 9.17) is 0 Å². The van der Waals surface area contributed by atoms with Gasteiger partial charge < -0.3 is 5.32 Å². The Morgan fingerprint density at radius 1 is 1.05 bits per heavy atom. The Balaban J connectivity index is 2.09. The topological polar surface area (TPSA) is 12.0 Å². The van der Waals surface area contributed by atoms with Gasteiger partial charge in [0.25, 0.3) is 0 Å². The van der Waals surface area contributed by atoms with Crippen LogP contribution in [0.15, 0.2) is 52.3 Å². The molecule has 2 rings (SSSR count). The van der Waals surface area contributed by atoms with Crippen molar-refractivity contribution < 1.29 is 8.78 Å². The molecule has 0 fully saturated rings. The van der Waals surface area contributed by atoms with Crippen LogP contribution in [-0.4, -0.2) is 5.54 Å². The lowest BCUT2D eigenvalue weighted by molar-refractivity contribution is 0.423. The van der Waals surface area contributed by atoms with Crippen LogP contribution < -0.4 is 5.32 Å². The molecule has 2 aromatic carbocycles. The van der Waals surface area contributed by atoms with Crippen molar-refractivity contribution in [2.75, 3.05) is 0 Å². The quantitative estimate of drug-likeness (QED) is 0.852. The predicted molar refractivity (Wildman–Crippen MR) is 83.5 cm³/mol. The zero-order valence-corrected chi connectivity index (χ0v) is 13.2. The molecule has 0 radical (unpaired) electrons. The van der Waals surface area contributed by atoms with Gasteiger partial charge in [-0.3, -0.25) is 0 Å². The summed E-state index contributed by atoms with van der Waals surface area (Å²) in [6, 6.07) is 11.3. The molecule has 0 heterocycles. The summed E-state index contributed by atoms with van der Waals surface area (Å²) in [5.74, 6) is -0.594. The summed E-state index contributed by atoms with van der Waals surface area (Å²) in [6.07, 6.45) is 0. The van der Waals surface area contributed by atoms with Gasteiger partial charge in [0.05, 0.1) is 0 Å². The number of halogens is 2. The summed E-state index contributed by atoms with van der Waals surface area (Å²) in [4.78, 5) is 1.19. The molecule has 0 saturated carbocycles. The first-order valence-electron chi connectivity index (χ1n) is 6.80. The standard InChI is InChI=1S/C17H19F2NS/c1-17(2,3)20-11-12-7-8-16(15(19)9-12)21-14-6-4-5-13(18)10-14/h4-10,20H,11H2,1-3H3. The van der Waals surface area contributed by atoms with Crippen LogP contribution in [0.5, 0.6) is 0 Å². The molecule has 1 nitrogen and oxygen atoms in total. The van der Waals surface area contributed by atoms with E-state index in [1.807, 2.05) is 6.07 Å². The van der Waals surface area contributed by atoms with Crippen molar-refractivity contribution in [3.63, 3.8) is 0 Å². The van der Waals surface area contributed by atoms with Crippen molar-refractivity contribution in [1.29, 1.82) is 0 Å². The predicted octanol–water partition coefficient (Wildman–Crippen LogP) is 5.00. The third-order valence-electron chi connectivity index (χ3n) is 2.84. The minimum absolute atomic E-state index is 0.00847. The summed E-state index contributed by atoms with van der Waals surface area (Å²) in [6.45, 7) is 6.82. The van der Waals surface area contributed by atoms with Crippen molar-refractivity contribution in [2.24, 2.45) is 0 Å². The van der Waals surface area contributed by atoms with Crippen LogP contribution in [0.1, 0.15) is 26.3 Å².